The van der Waals surface area contributed by atoms with Gasteiger partial charge in [0.2, 0.25) is 0 Å². The maximum atomic E-state index is 13.2. The minimum atomic E-state index is -0.341. The Morgan fingerprint density at radius 3 is 2.83 bits per heavy atom. The van der Waals surface area contributed by atoms with Gasteiger partial charge in [-0.1, -0.05) is 17.7 Å². The minimum absolute atomic E-state index is 0.209. The molecule has 0 spiro atoms. The summed E-state index contributed by atoms with van der Waals surface area (Å²) in [6, 6.07) is 5.97. The molecule has 0 aliphatic rings. The van der Waals surface area contributed by atoms with Crippen LogP contribution in [0, 0.1) is 5.82 Å². The second kappa shape index (κ2) is 5.69. The van der Waals surface area contributed by atoms with E-state index in [2.05, 4.69) is 0 Å². The van der Waals surface area contributed by atoms with E-state index in [-0.39, 0.29) is 11.9 Å². The highest BCUT2D eigenvalue weighted by atomic mass is 35.5. The first-order chi connectivity index (χ1) is 8.58. The normalized spacial score (nSPS) is 12.4. The van der Waals surface area contributed by atoms with E-state index < -0.39 is 0 Å². The van der Waals surface area contributed by atoms with Crippen LogP contribution in [0.2, 0.25) is 5.02 Å². The average Bonchev–Trinajstić information content (AvgIpc) is 2.72. The number of rotatable bonds is 4. The summed E-state index contributed by atoms with van der Waals surface area (Å²) in [5.41, 5.74) is 6.60. The Morgan fingerprint density at radius 1 is 1.44 bits per heavy atom. The fourth-order valence-corrected chi connectivity index (χ4v) is 2.58. The first-order valence-corrected chi connectivity index (χ1v) is 6.73. The fourth-order valence-electron chi connectivity index (χ4n) is 1.58. The summed E-state index contributed by atoms with van der Waals surface area (Å²) < 4.78 is 18.8. The smallest absolute Gasteiger partial charge is 0.127 e. The van der Waals surface area contributed by atoms with Gasteiger partial charge in [-0.2, -0.15) is 0 Å². The Bertz CT molecular complexity index is 542. The number of ether oxygens (including phenoxy) is 1. The lowest BCUT2D eigenvalue weighted by Crippen LogP contribution is -2.08. The van der Waals surface area contributed by atoms with Gasteiger partial charge in [-0.3, -0.25) is 0 Å². The fraction of sp³-hybridized carbons (Fsp3) is 0.231. The minimum Gasteiger partial charge on any atom is -0.488 e. The number of hydrogen-bond donors (Lipinski definition) is 1. The van der Waals surface area contributed by atoms with E-state index in [9.17, 15) is 4.39 Å². The monoisotopic (exact) mass is 285 g/mol. The van der Waals surface area contributed by atoms with E-state index >= 15 is 0 Å². The molecule has 5 heteroatoms. The topological polar surface area (TPSA) is 35.2 Å². The zero-order valence-corrected chi connectivity index (χ0v) is 11.4. The van der Waals surface area contributed by atoms with Gasteiger partial charge in [-0.25, -0.2) is 4.39 Å². The molecule has 2 rings (SSSR count). The maximum absolute atomic E-state index is 13.2. The predicted molar refractivity (Wildman–Crippen MR) is 72.7 cm³/mol. The molecule has 0 saturated carbocycles. The molecule has 2 nitrogen and oxygen atoms in total. The molecule has 2 aromatic rings. The molecule has 0 radical (unpaired) electrons. The van der Waals surface area contributed by atoms with Gasteiger partial charge in [-0.15, -0.1) is 11.3 Å². The van der Waals surface area contributed by atoms with Crippen molar-refractivity contribution < 1.29 is 9.13 Å². The Morgan fingerprint density at radius 2 is 2.22 bits per heavy atom. The Kier molecular flexibility index (Phi) is 4.22. The van der Waals surface area contributed by atoms with E-state index in [1.54, 1.807) is 6.07 Å². The summed E-state index contributed by atoms with van der Waals surface area (Å²) in [4.78, 5) is 0.913. The van der Waals surface area contributed by atoms with Crippen LogP contribution in [0.5, 0.6) is 5.75 Å². The number of hydrogen-bond acceptors (Lipinski definition) is 3. The van der Waals surface area contributed by atoms with Crippen molar-refractivity contribution in [1.29, 1.82) is 0 Å². The van der Waals surface area contributed by atoms with Gasteiger partial charge in [-0.05, 0) is 24.4 Å². The molecular weight excluding hydrogens is 273 g/mol. The second-order valence-electron chi connectivity index (χ2n) is 3.95. The summed E-state index contributed by atoms with van der Waals surface area (Å²) in [7, 11) is 0. The highest BCUT2D eigenvalue weighted by Gasteiger charge is 2.11. The Labute approximate surface area is 114 Å². The van der Waals surface area contributed by atoms with E-state index in [4.69, 9.17) is 22.1 Å². The van der Waals surface area contributed by atoms with Crippen molar-refractivity contribution in [2.45, 2.75) is 19.6 Å². The third-order valence-corrected chi connectivity index (χ3v) is 3.88. The van der Waals surface area contributed by atoms with Crippen LogP contribution in [0.3, 0.4) is 0 Å². The van der Waals surface area contributed by atoms with Crippen molar-refractivity contribution in [2.75, 3.05) is 0 Å². The molecule has 0 aliphatic carbocycles. The van der Waals surface area contributed by atoms with E-state index in [0.717, 1.165) is 10.4 Å². The number of benzene rings is 1. The number of nitrogens with two attached hydrogens (primary N) is 1. The summed E-state index contributed by atoms with van der Waals surface area (Å²) in [5.74, 6) is 0.126. The molecule has 0 bridgehead atoms. The van der Waals surface area contributed by atoms with Gasteiger partial charge in [0.1, 0.15) is 18.2 Å². The molecule has 1 heterocycles. The zero-order valence-electron chi connectivity index (χ0n) is 9.82. The average molecular weight is 286 g/mol. The molecule has 96 valence electrons. The molecule has 0 amide bonds. The largest absolute Gasteiger partial charge is 0.488 e. The third-order valence-electron chi connectivity index (χ3n) is 2.52. The lowest BCUT2D eigenvalue weighted by Gasteiger charge is -2.13. The quantitative estimate of drug-likeness (QED) is 0.916. The standard InChI is InChI=1S/C13H13ClFNOS/c1-8(16)10-3-2-9(15)6-12(10)17-7-13-11(14)4-5-18-13/h2-6,8H,7,16H2,1H3/t8-/m0/s1. The van der Waals surface area contributed by atoms with E-state index in [0.29, 0.717) is 17.4 Å². The molecule has 0 aliphatic heterocycles. The van der Waals surface area contributed by atoms with Crippen LogP contribution < -0.4 is 10.5 Å². The summed E-state index contributed by atoms with van der Waals surface area (Å²) in [5, 5.41) is 2.55. The van der Waals surface area contributed by atoms with Gasteiger partial charge < -0.3 is 10.5 Å². The molecule has 0 unspecified atom stereocenters. The SMILES string of the molecule is C[C@H](N)c1ccc(F)cc1OCc1sccc1Cl. The molecule has 1 aromatic carbocycles. The summed E-state index contributed by atoms with van der Waals surface area (Å²) in [6.45, 7) is 2.15. The van der Waals surface area contributed by atoms with E-state index in [1.807, 2.05) is 18.4 Å². The number of halogens is 2. The van der Waals surface area contributed by atoms with Crippen molar-refractivity contribution in [2.24, 2.45) is 5.73 Å². The van der Waals surface area contributed by atoms with Crippen LogP contribution >= 0.6 is 22.9 Å². The van der Waals surface area contributed by atoms with Crippen LogP contribution in [0.4, 0.5) is 4.39 Å². The lowest BCUT2D eigenvalue weighted by atomic mass is 10.1. The van der Waals surface area contributed by atoms with Crippen molar-refractivity contribution in [3.05, 3.63) is 50.9 Å². The van der Waals surface area contributed by atoms with Gasteiger partial charge in [0.25, 0.3) is 0 Å². The zero-order chi connectivity index (χ0) is 13.1. The van der Waals surface area contributed by atoms with Crippen molar-refractivity contribution >= 4 is 22.9 Å². The highest BCUT2D eigenvalue weighted by molar-refractivity contribution is 7.10. The molecule has 0 saturated heterocycles. The van der Waals surface area contributed by atoms with Gasteiger partial charge in [0.05, 0.1) is 9.90 Å². The maximum Gasteiger partial charge on any atom is 0.127 e. The van der Waals surface area contributed by atoms with Crippen LogP contribution in [-0.2, 0) is 6.61 Å². The van der Waals surface area contributed by atoms with Crippen LogP contribution in [-0.4, -0.2) is 0 Å². The molecule has 18 heavy (non-hydrogen) atoms. The van der Waals surface area contributed by atoms with Crippen LogP contribution in [0.1, 0.15) is 23.4 Å². The molecule has 1 aromatic heterocycles. The second-order valence-corrected chi connectivity index (χ2v) is 5.36. The number of thiophene rings is 1. The lowest BCUT2D eigenvalue weighted by molar-refractivity contribution is 0.303. The molecule has 0 fully saturated rings. The Balaban J connectivity index is 2.18. The van der Waals surface area contributed by atoms with Crippen molar-refractivity contribution in [1.82, 2.24) is 0 Å². The highest BCUT2D eigenvalue weighted by Crippen LogP contribution is 2.28. The molecule has 2 N–H and O–H groups in total. The molecule has 1 atom stereocenters. The first-order valence-electron chi connectivity index (χ1n) is 5.47. The third kappa shape index (κ3) is 3.02. The predicted octanol–water partition coefficient (Wildman–Crippen LogP) is 4.14. The first kappa shape index (κ1) is 13.3. The van der Waals surface area contributed by atoms with Crippen LogP contribution in [0.15, 0.2) is 29.6 Å². The summed E-state index contributed by atoms with van der Waals surface area (Å²) >= 11 is 7.48. The van der Waals surface area contributed by atoms with Gasteiger partial charge >= 0.3 is 0 Å². The van der Waals surface area contributed by atoms with Gasteiger partial charge in [0.15, 0.2) is 0 Å². The van der Waals surface area contributed by atoms with E-state index in [1.165, 1.54) is 23.5 Å². The molecular formula is C13H13ClFNOS. The van der Waals surface area contributed by atoms with Crippen molar-refractivity contribution in [3.8, 4) is 5.75 Å². The van der Waals surface area contributed by atoms with Crippen molar-refractivity contribution in [3.63, 3.8) is 0 Å². The van der Waals surface area contributed by atoms with Gasteiger partial charge in [0, 0.05) is 17.7 Å². The van der Waals surface area contributed by atoms with Crippen LogP contribution in [0.25, 0.3) is 0 Å². The summed E-state index contributed by atoms with van der Waals surface area (Å²) in [6.07, 6.45) is 0. The Hall–Kier alpha value is -1.10.